The number of rotatable bonds is 6. The van der Waals surface area contributed by atoms with Gasteiger partial charge in [-0.05, 0) is 37.3 Å². The molecule has 0 saturated heterocycles. The third-order valence-electron chi connectivity index (χ3n) is 4.10. The van der Waals surface area contributed by atoms with Crippen LogP contribution in [0.3, 0.4) is 0 Å². The Morgan fingerprint density at radius 3 is 2.69 bits per heavy atom. The summed E-state index contributed by atoms with van der Waals surface area (Å²) in [5.74, 6) is 0. The Morgan fingerprint density at radius 2 is 1.93 bits per heavy atom. The number of aromatic nitrogens is 1. The normalized spacial score (nSPS) is 11.2. The second-order valence-corrected chi connectivity index (χ2v) is 8.40. The van der Waals surface area contributed by atoms with Gasteiger partial charge in [-0.15, -0.1) is 0 Å². The van der Waals surface area contributed by atoms with Crippen molar-refractivity contribution in [2.24, 2.45) is 5.10 Å². The maximum absolute atomic E-state index is 11.5. The molecule has 1 N–H and O–H groups in total. The van der Waals surface area contributed by atoms with Crippen molar-refractivity contribution in [1.29, 1.82) is 0 Å². The van der Waals surface area contributed by atoms with Crippen molar-refractivity contribution in [1.82, 2.24) is 4.98 Å². The molecule has 3 aromatic carbocycles. The molecule has 144 valence electrons. The van der Waals surface area contributed by atoms with Gasteiger partial charge in [-0.3, -0.25) is 15.5 Å². The molecule has 0 saturated carbocycles. The molecule has 0 atom stereocenters. The second-order valence-electron chi connectivity index (χ2n) is 6.26. The molecule has 4 rings (SSSR count). The van der Waals surface area contributed by atoms with Crippen LogP contribution >= 0.6 is 23.1 Å². The number of para-hydroxylation sites is 1. The number of nitrogens with zero attached hydrogens (tertiary/aromatic N) is 3. The van der Waals surface area contributed by atoms with Crippen LogP contribution in [0.2, 0.25) is 0 Å². The summed E-state index contributed by atoms with van der Waals surface area (Å²) in [7, 11) is 0. The first kappa shape index (κ1) is 19.1. The van der Waals surface area contributed by atoms with Gasteiger partial charge in [0, 0.05) is 16.5 Å². The standard InChI is InChI=1S/C21H16N4O2S2/c1-14-6-9-16(10-7-14)28-20-11-8-15(12-18(20)25(26)27)13-22-24-21-23-17-4-2-3-5-19(17)29-21/h2-13H,1H3,(H,23,24)/b22-13-. The van der Waals surface area contributed by atoms with Crippen molar-refractivity contribution in [3.8, 4) is 0 Å². The minimum atomic E-state index is -0.366. The van der Waals surface area contributed by atoms with Gasteiger partial charge in [-0.1, -0.05) is 59.0 Å². The Labute approximate surface area is 175 Å². The highest BCUT2D eigenvalue weighted by molar-refractivity contribution is 7.99. The zero-order valence-corrected chi connectivity index (χ0v) is 17.0. The number of thiazole rings is 1. The van der Waals surface area contributed by atoms with Gasteiger partial charge in [-0.2, -0.15) is 5.10 Å². The third-order valence-corrected chi connectivity index (χ3v) is 6.11. The number of hydrazone groups is 1. The lowest BCUT2D eigenvalue weighted by Gasteiger charge is -2.04. The predicted molar refractivity (Wildman–Crippen MR) is 119 cm³/mol. The zero-order valence-electron chi connectivity index (χ0n) is 15.4. The van der Waals surface area contributed by atoms with Crippen molar-refractivity contribution in [2.45, 2.75) is 16.7 Å². The maximum Gasteiger partial charge on any atom is 0.283 e. The number of hydrogen-bond donors (Lipinski definition) is 1. The van der Waals surface area contributed by atoms with Crippen LogP contribution in [-0.4, -0.2) is 16.1 Å². The number of hydrogen-bond acceptors (Lipinski definition) is 7. The first-order valence-corrected chi connectivity index (χ1v) is 10.4. The van der Waals surface area contributed by atoms with E-state index >= 15 is 0 Å². The molecule has 0 spiro atoms. The van der Waals surface area contributed by atoms with Gasteiger partial charge < -0.3 is 0 Å². The quantitative estimate of drug-likeness (QED) is 0.231. The van der Waals surface area contributed by atoms with E-state index < -0.39 is 0 Å². The van der Waals surface area contributed by atoms with Gasteiger partial charge in [0.25, 0.3) is 5.69 Å². The summed E-state index contributed by atoms with van der Waals surface area (Å²) in [6.07, 6.45) is 1.55. The van der Waals surface area contributed by atoms with Gasteiger partial charge in [0.05, 0.1) is 26.3 Å². The highest BCUT2D eigenvalue weighted by Gasteiger charge is 2.15. The van der Waals surface area contributed by atoms with Gasteiger partial charge in [0.15, 0.2) is 0 Å². The Morgan fingerprint density at radius 1 is 1.14 bits per heavy atom. The van der Waals surface area contributed by atoms with Crippen molar-refractivity contribution < 1.29 is 4.92 Å². The number of nitro groups is 1. The summed E-state index contributed by atoms with van der Waals surface area (Å²) in [5.41, 5.74) is 5.64. The first-order valence-electron chi connectivity index (χ1n) is 8.76. The van der Waals surface area contributed by atoms with Crippen molar-refractivity contribution in [3.63, 3.8) is 0 Å². The summed E-state index contributed by atoms with van der Waals surface area (Å²) in [6.45, 7) is 2.01. The topological polar surface area (TPSA) is 80.4 Å². The van der Waals surface area contributed by atoms with Gasteiger partial charge in [-0.25, -0.2) is 4.98 Å². The molecule has 0 aliphatic rings. The Bertz CT molecular complexity index is 1170. The van der Waals surface area contributed by atoms with Crippen LogP contribution in [0.25, 0.3) is 10.2 Å². The van der Waals surface area contributed by atoms with E-state index in [2.05, 4.69) is 15.5 Å². The van der Waals surface area contributed by atoms with Crippen molar-refractivity contribution in [3.05, 3.63) is 88.0 Å². The summed E-state index contributed by atoms with van der Waals surface area (Å²) in [4.78, 5) is 17.2. The van der Waals surface area contributed by atoms with E-state index in [-0.39, 0.29) is 10.6 Å². The molecule has 1 heterocycles. The molecule has 0 radical (unpaired) electrons. The van der Waals surface area contributed by atoms with E-state index in [1.165, 1.54) is 29.2 Å². The van der Waals surface area contributed by atoms with E-state index in [1.54, 1.807) is 12.3 Å². The minimum absolute atomic E-state index is 0.0551. The number of nitro benzene ring substituents is 1. The average Bonchev–Trinajstić information content (AvgIpc) is 3.13. The van der Waals surface area contributed by atoms with Crippen LogP contribution < -0.4 is 5.43 Å². The highest BCUT2D eigenvalue weighted by atomic mass is 32.2. The van der Waals surface area contributed by atoms with E-state index in [4.69, 9.17) is 0 Å². The molecule has 0 aliphatic heterocycles. The van der Waals surface area contributed by atoms with Crippen molar-refractivity contribution in [2.75, 3.05) is 5.43 Å². The minimum Gasteiger partial charge on any atom is -0.258 e. The highest BCUT2D eigenvalue weighted by Crippen LogP contribution is 2.35. The molecule has 0 amide bonds. The average molecular weight is 421 g/mol. The molecule has 0 bridgehead atoms. The largest absolute Gasteiger partial charge is 0.283 e. The third kappa shape index (κ3) is 4.61. The zero-order chi connectivity index (χ0) is 20.2. The van der Waals surface area contributed by atoms with E-state index in [9.17, 15) is 10.1 Å². The van der Waals surface area contributed by atoms with Crippen LogP contribution in [0.4, 0.5) is 10.8 Å². The number of aryl methyl sites for hydroxylation is 1. The number of anilines is 1. The molecule has 1 aromatic heterocycles. The van der Waals surface area contributed by atoms with Crippen LogP contribution in [0.15, 0.2) is 81.6 Å². The second kappa shape index (κ2) is 8.42. The summed E-state index contributed by atoms with van der Waals surface area (Å²) >= 11 is 2.87. The molecule has 8 heteroatoms. The van der Waals surface area contributed by atoms with Gasteiger partial charge in [0.1, 0.15) is 0 Å². The van der Waals surface area contributed by atoms with E-state index in [0.29, 0.717) is 15.6 Å². The molecule has 4 aromatic rings. The fourth-order valence-electron chi connectivity index (χ4n) is 2.66. The molecular formula is C21H16N4O2S2. The maximum atomic E-state index is 11.5. The SMILES string of the molecule is Cc1ccc(Sc2ccc(/C=N\Nc3nc4ccccc4s3)cc2[N+](=O)[O-])cc1. The van der Waals surface area contributed by atoms with E-state index in [1.807, 2.05) is 61.5 Å². The lowest BCUT2D eigenvalue weighted by atomic mass is 10.2. The first-order chi connectivity index (χ1) is 14.1. The van der Waals surface area contributed by atoms with Crippen LogP contribution in [0.1, 0.15) is 11.1 Å². The number of nitrogens with one attached hydrogen (secondary N) is 1. The van der Waals surface area contributed by atoms with Crippen LogP contribution in [0.5, 0.6) is 0 Å². The predicted octanol–water partition coefficient (Wildman–Crippen LogP) is 6.11. The molecule has 0 aliphatic carbocycles. The fraction of sp³-hybridized carbons (Fsp3) is 0.0476. The molecule has 6 nitrogen and oxygen atoms in total. The van der Waals surface area contributed by atoms with E-state index in [0.717, 1.165) is 20.7 Å². The Hall–Kier alpha value is -3.23. The lowest BCUT2D eigenvalue weighted by Crippen LogP contribution is -1.94. The van der Waals surface area contributed by atoms with Crippen molar-refractivity contribution >= 4 is 50.3 Å². The van der Waals surface area contributed by atoms with Gasteiger partial charge >= 0.3 is 0 Å². The summed E-state index contributed by atoms with van der Waals surface area (Å²) < 4.78 is 1.07. The summed E-state index contributed by atoms with van der Waals surface area (Å²) in [6, 6.07) is 20.8. The molecule has 0 unspecified atom stereocenters. The number of fused-ring (bicyclic) bond motifs is 1. The Kier molecular flexibility index (Phi) is 5.55. The molecule has 0 fully saturated rings. The van der Waals surface area contributed by atoms with Gasteiger partial charge in [0.2, 0.25) is 5.13 Å². The van der Waals surface area contributed by atoms with Crippen LogP contribution in [-0.2, 0) is 0 Å². The molecular weight excluding hydrogens is 404 g/mol. The Balaban J connectivity index is 1.51. The van der Waals surface area contributed by atoms with Crippen LogP contribution in [0, 0.1) is 17.0 Å². The lowest BCUT2D eigenvalue weighted by molar-refractivity contribution is -0.387. The monoisotopic (exact) mass is 420 g/mol. The fourth-order valence-corrected chi connectivity index (χ4v) is 4.37. The number of benzene rings is 3. The smallest absolute Gasteiger partial charge is 0.258 e. The molecule has 29 heavy (non-hydrogen) atoms. The summed E-state index contributed by atoms with van der Waals surface area (Å²) in [5, 5.41) is 16.4.